The van der Waals surface area contributed by atoms with E-state index in [9.17, 15) is 0 Å². The molecular weight excluding hydrogens is 154 g/mol. The second-order valence-corrected chi connectivity index (χ2v) is 2.64. The highest BCUT2D eigenvalue weighted by Gasteiger charge is 1.93. The number of nitrogens with two attached hydrogens (primary N) is 1. The molecule has 12 heavy (non-hydrogen) atoms. The van der Waals surface area contributed by atoms with Gasteiger partial charge in [-0.1, -0.05) is 0 Å². The number of nitrogens with one attached hydrogen (secondary N) is 1. The summed E-state index contributed by atoms with van der Waals surface area (Å²) in [5.41, 5.74) is 5.35. The molecule has 1 heterocycles. The molecule has 0 amide bonds. The average Bonchev–Trinajstić information content (AvgIpc) is 2.57. The van der Waals surface area contributed by atoms with Crippen molar-refractivity contribution in [2.24, 2.45) is 5.73 Å². The Morgan fingerprint density at radius 1 is 1.50 bits per heavy atom. The van der Waals surface area contributed by atoms with E-state index in [0.29, 0.717) is 0 Å². The first kappa shape index (κ1) is 9.22. The summed E-state index contributed by atoms with van der Waals surface area (Å²) >= 11 is 0. The molecule has 0 aliphatic heterocycles. The van der Waals surface area contributed by atoms with Gasteiger partial charge in [-0.05, 0) is 25.9 Å². The number of rotatable bonds is 6. The second-order valence-electron chi connectivity index (χ2n) is 2.64. The number of hydrogen-bond acceptors (Lipinski definition) is 4. The van der Waals surface area contributed by atoms with Gasteiger partial charge in [0.1, 0.15) is 5.76 Å². The SMILES string of the molecule is NCCCCNCc1cnco1. The molecule has 0 fully saturated rings. The first-order valence-corrected chi connectivity index (χ1v) is 4.21. The minimum absolute atomic E-state index is 0.755. The summed E-state index contributed by atoms with van der Waals surface area (Å²) in [5, 5.41) is 3.23. The fraction of sp³-hybridized carbons (Fsp3) is 0.625. The van der Waals surface area contributed by atoms with Crippen molar-refractivity contribution in [2.75, 3.05) is 13.1 Å². The van der Waals surface area contributed by atoms with E-state index >= 15 is 0 Å². The summed E-state index contributed by atoms with van der Waals surface area (Å²) in [5.74, 6) is 0.878. The van der Waals surface area contributed by atoms with Gasteiger partial charge >= 0.3 is 0 Å². The molecule has 0 unspecified atom stereocenters. The van der Waals surface area contributed by atoms with Gasteiger partial charge in [-0.15, -0.1) is 0 Å². The Morgan fingerprint density at radius 2 is 2.42 bits per heavy atom. The van der Waals surface area contributed by atoms with Crippen molar-refractivity contribution in [3.05, 3.63) is 18.4 Å². The summed E-state index contributed by atoms with van der Waals surface area (Å²) in [6, 6.07) is 0. The fourth-order valence-corrected chi connectivity index (χ4v) is 0.935. The van der Waals surface area contributed by atoms with E-state index in [1.807, 2.05) is 0 Å². The quantitative estimate of drug-likeness (QED) is 0.609. The Morgan fingerprint density at radius 3 is 3.08 bits per heavy atom. The van der Waals surface area contributed by atoms with Crippen LogP contribution >= 0.6 is 0 Å². The summed E-state index contributed by atoms with van der Waals surface area (Å²) in [6.07, 6.45) is 5.35. The van der Waals surface area contributed by atoms with E-state index in [4.69, 9.17) is 10.2 Å². The lowest BCUT2D eigenvalue weighted by Crippen LogP contribution is -2.15. The molecule has 0 saturated carbocycles. The molecule has 0 aromatic carbocycles. The van der Waals surface area contributed by atoms with Gasteiger partial charge in [0.15, 0.2) is 6.39 Å². The lowest BCUT2D eigenvalue weighted by Gasteiger charge is -2.00. The molecule has 1 aromatic heterocycles. The Hall–Kier alpha value is -0.870. The van der Waals surface area contributed by atoms with Gasteiger partial charge in [-0.3, -0.25) is 0 Å². The Kier molecular flexibility index (Phi) is 4.41. The standard InChI is InChI=1S/C8H15N3O/c9-3-1-2-4-10-5-8-6-11-7-12-8/h6-7,10H,1-5,9H2. The molecule has 0 radical (unpaired) electrons. The molecule has 0 saturated heterocycles. The molecule has 0 bridgehead atoms. The zero-order valence-electron chi connectivity index (χ0n) is 7.12. The van der Waals surface area contributed by atoms with Crippen LogP contribution in [0.25, 0.3) is 0 Å². The first-order valence-electron chi connectivity index (χ1n) is 4.21. The highest BCUT2D eigenvalue weighted by molar-refractivity contribution is 4.86. The highest BCUT2D eigenvalue weighted by Crippen LogP contribution is 1.94. The minimum Gasteiger partial charge on any atom is -0.447 e. The van der Waals surface area contributed by atoms with Crippen molar-refractivity contribution in [1.82, 2.24) is 10.3 Å². The van der Waals surface area contributed by atoms with Gasteiger partial charge in [-0.25, -0.2) is 4.98 Å². The van der Waals surface area contributed by atoms with Crippen LogP contribution in [0.1, 0.15) is 18.6 Å². The third-order valence-electron chi connectivity index (χ3n) is 1.59. The fourth-order valence-electron chi connectivity index (χ4n) is 0.935. The molecule has 0 aliphatic rings. The van der Waals surface area contributed by atoms with E-state index in [-0.39, 0.29) is 0 Å². The zero-order valence-corrected chi connectivity index (χ0v) is 7.12. The van der Waals surface area contributed by atoms with E-state index in [1.165, 1.54) is 6.39 Å². The lowest BCUT2D eigenvalue weighted by molar-refractivity contribution is 0.476. The molecule has 1 aromatic rings. The Bertz CT molecular complexity index is 186. The lowest BCUT2D eigenvalue weighted by atomic mass is 10.3. The highest BCUT2D eigenvalue weighted by atomic mass is 16.3. The smallest absolute Gasteiger partial charge is 0.180 e. The molecule has 3 N–H and O–H groups in total. The maximum Gasteiger partial charge on any atom is 0.180 e. The molecule has 0 atom stereocenters. The predicted octanol–water partition coefficient (Wildman–Crippen LogP) is 0.503. The topological polar surface area (TPSA) is 64.1 Å². The third-order valence-corrected chi connectivity index (χ3v) is 1.59. The summed E-state index contributed by atoms with van der Waals surface area (Å²) in [4.78, 5) is 3.81. The maximum absolute atomic E-state index is 5.35. The number of oxazole rings is 1. The van der Waals surface area contributed by atoms with E-state index < -0.39 is 0 Å². The van der Waals surface area contributed by atoms with Crippen LogP contribution in [-0.2, 0) is 6.54 Å². The molecule has 4 nitrogen and oxygen atoms in total. The molecular formula is C8H15N3O. The molecule has 68 valence electrons. The first-order chi connectivity index (χ1) is 5.93. The summed E-state index contributed by atoms with van der Waals surface area (Å²) in [6.45, 7) is 2.51. The third kappa shape index (κ3) is 3.50. The molecule has 0 aliphatic carbocycles. The van der Waals surface area contributed by atoms with Crippen molar-refractivity contribution in [2.45, 2.75) is 19.4 Å². The van der Waals surface area contributed by atoms with Crippen LogP contribution in [0, 0.1) is 0 Å². The van der Waals surface area contributed by atoms with Gasteiger partial charge in [0.05, 0.1) is 12.7 Å². The molecule has 0 spiro atoms. The number of unbranched alkanes of at least 4 members (excludes halogenated alkanes) is 1. The van der Waals surface area contributed by atoms with Crippen molar-refractivity contribution in [3.8, 4) is 0 Å². The largest absolute Gasteiger partial charge is 0.447 e. The zero-order chi connectivity index (χ0) is 8.65. The average molecular weight is 169 g/mol. The van der Waals surface area contributed by atoms with Crippen molar-refractivity contribution >= 4 is 0 Å². The maximum atomic E-state index is 5.35. The van der Waals surface area contributed by atoms with Crippen molar-refractivity contribution in [3.63, 3.8) is 0 Å². The number of nitrogens with zero attached hydrogens (tertiary/aromatic N) is 1. The van der Waals surface area contributed by atoms with Crippen LogP contribution < -0.4 is 11.1 Å². The van der Waals surface area contributed by atoms with Crippen LogP contribution in [0.3, 0.4) is 0 Å². The molecule has 4 heteroatoms. The monoisotopic (exact) mass is 169 g/mol. The minimum atomic E-state index is 0.755. The summed E-state index contributed by atoms with van der Waals surface area (Å²) < 4.78 is 5.04. The molecule has 1 rings (SSSR count). The Labute approximate surface area is 72.2 Å². The predicted molar refractivity (Wildman–Crippen MR) is 46.5 cm³/mol. The normalized spacial score (nSPS) is 10.4. The van der Waals surface area contributed by atoms with Crippen LogP contribution in [0.15, 0.2) is 17.0 Å². The van der Waals surface area contributed by atoms with Crippen molar-refractivity contribution in [1.29, 1.82) is 0 Å². The second kappa shape index (κ2) is 5.74. The van der Waals surface area contributed by atoms with Gasteiger partial charge in [0.2, 0.25) is 0 Å². The van der Waals surface area contributed by atoms with Crippen molar-refractivity contribution < 1.29 is 4.42 Å². The van der Waals surface area contributed by atoms with Gasteiger partial charge in [0, 0.05) is 0 Å². The van der Waals surface area contributed by atoms with Crippen LogP contribution in [0.2, 0.25) is 0 Å². The summed E-state index contributed by atoms with van der Waals surface area (Å²) in [7, 11) is 0. The van der Waals surface area contributed by atoms with E-state index in [2.05, 4.69) is 10.3 Å². The van der Waals surface area contributed by atoms with E-state index in [1.54, 1.807) is 6.20 Å². The number of hydrogen-bond donors (Lipinski definition) is 2. The van der Waals surface area contributed by atoms with Crippen LogP contribution in [0.5, 0.6) is 0 Å². The van der Waals surface area contributed by atoms with Crippen LogP contribution in [-0.4, -0.2) is 18.1 Å². The van der Waals surface area contributed by atoms with Gasteiger partial charge in [-0.2, -0.15) is 0 Å². The van der Waals surface area contributed by atoms with Gasteiger partial charge in [0.25, 0.3) is 0 Å². The Balaban J connectivity index is 1.96. The number of aromatic nitrogens is 1. The van der Waals surface area contributed by atoms with E-state index in [0.717, 1.165) is 38.2 Å². The van der Waals surface area contributed by atoms with Gasteiger partial charge < -0.3 is 15.5 Å². The van der Waals surface area contributed by atoms with Crippen LogP contribution in [0.4, 0.5) is 0 Å².